The molecule has 1 amide bonds. The summed E-state index contributed by atoms with van der Waals surface area (Å²) in [5.41, 5.74) is 4.46. The summed E-state index contributed by atoms with van der Waals surface area (Å²) in [6, 6.07) is 34.0. The Bertz CT molecular complexity index is 1380. The number of allylic oxidation sites excluding steroid dienone is 1. The summed E-state index contributed by atoms with van der Waals surface area (Å²) < 4.78 is 0. The SMILES string of the molecule is CC1=C(C(=O)Nc2ccccc2)[C@H](c2ccccc2)N=C(SCc2cccc3ccccc23)N1. The molecule has 4 nitrogen and oxygen atoms in total. The number of carbonyl (C=O) groups is 1. The molecule has 0 radical (unpaired) electrons. The molecule has 0 saturated carbocycles. The summed E-state index contributed by atoms with van der Waals surface area (Å²) in [6.45, 7) is 1.95. The van der Waals surface area contributed by atoms with Crippen molar-refractivity contribution < 1.29 is 4.79 Å². The van der Waals surface area contributed by atoms with Gasteiger partial charge in [0, 0.05) is 17.1 Å². The van der Waals surface area contributed by atoms with E-state index in [9.17, 15) is 4.79 Å². The van der Waals surface area contributed by atoms with E-state index in [1.54, 1.807) is 11.8 Å². The van der Waals surface area contributed by atoms with Crippen molar-refractivity contribution in [3.8, 4) is 0 Å². The summed E-state index contributed by atoms with van der Waals surface area (Å²) in [7, 11) is 0. The average Bonchev–Trinajstić information content (AvgIpc) is 2.88. The maximum atomic E-state index is 13.3. The molecule has 0 spiro atoms. The summed E-state index contributed by atoms with van der Waals surface area (Å²) >= 11 is 1.66. The molecule has 5 rings (SSSR count). The number of para-hydroxylation sites is 1. The Labute approximate surface area is 203 Å². The molecule has 0 aromatic heterocycles. The van der Waals surface area contributed by atoms with Gasteiger partial charge in [0.05, 0.1) is 5.57 Å². The van der Waals surface area contributed by atoms with Crippen LogP contribution in [0.5, 0.6) is 0 Å². The Morgan fingerprint density at radius 2 is 1.56 bits per heavy atom. The number of amides is 1. The molecule has 5 heteroatoms. The molecule has 168 valence electrons. The van der Waals surface area contributed by atoms with E-state index in [0.717, 1.165) is 27.9 Å². The average molecular weight is 464 g/mol. The van der Waals surface area contributed by atoms with Gasteiger partial charge in [-0.3, -0.25) is 4.79 Å². The first-order valence-corrected chi connectivity index (χ1v) is 12.2. The third-order valence-corrected chi connectivity index (χ3v) is 6.79. The maximum Gasteiger partial charge on any atom is 0.255 e. The highest BCUT2D eigenvalue weighted by atomic mass is 32.2. The van der Waals surface area contributed by atoms with Crippen LogP contribution in [0.25, 0.3) is 10.8 Å². The number of benzene rings is 4. The smallest absolute Gasteiger partial charge is 0.255 e. The van der Waals surface area contributed by atoms with Gasteiger partial charge < -0.3 is 10.6 Å². The molecular formula is C29H25N3OS. The van der Waals surface area contributed by atoms with Gasteiger partial charge in [-0.15, -0.1) is 0 Å². The van der Waals surface area contributed by atoms with Gasteiger partial charge in [0.25, 0.3) is 5.91 Å². The fourth-order valence-corrected chi connectivity index (χ4v) is 5.12. The lowest BCUT2D eigenvalue weighted by Gasteiger charge is -2.26. The highest BCUT2D eigenvalue weighted by molar-refractivity contribution is 8.13. The fourth-order valence-electron chi connectivity index (χ4n) is 4.18. The number of amidine groups is 1. The first-order chi connectivity index (χ1) is 16.7. The first-order valence-electron chi connectivity index (χ1n) is 11.3. The van der Waals surface area contributed by atoms with Gasteiger partial charge in [-0.2, -0.15) is 0 Å². The number of fused-ring (bicyclic) bond motifs is 1. The predicted molar refractivity (Wildman–Crippen MR) is 143 cm³/mol. The quantitative estimate of drug-likeness (QED) is 0.347. The second-order valence-electron chi connectivity index (χ2n) is 8.16. The maximum absolute atomic E-state index is 13.3. The second kappa shape index (κ2) is 9.98. The van der Waals surface area contributed by atoms with Crippen LogP contribution in [0.1, 0.15) is 24.1 Å². The zero-order valence-electron chi connectivity index (χ0n) is 18.9. The van der Waals surface area contributed by atoms with Crippen LogP contribution in [0, 0.1) is 0 Å². The molecule has 1 heterocycles. The Hall–Kier alpha value is -3.83. The normalized spacial score (nSPS) is 15.6. The zero-order valence-corrected chi connectivity index (χ0v) is 19.7. The summed E-state index contributed by atoms with van der Waals surface area (Å²) in [4.78, 5) is 18.3. The Morgan fingerprint density at radius 1 is 0.882 bits per heavy atom. The van der Waals surface area contributed by atoms with Gasteiger partial charge in [0.15, 0.2) is 5.17 Å². The molecule has 34 heavy (non-hydrogen) atoms. The molecule has 4 aromatic carbocycles. The summed E-state index contributed by atoms with van der Waals surface area (Å²) in [5.74, 6) is 0.639. The predicted octanol–water partition coefficient (Wildman–Crippen LogP) is 6.69. The number of hydrogen-bond donors (Lipinski definition) is 2. The van der Waals surface area contributed by atoms with E-state index in [1.807, 2.05) is 67.6 Å². The minimum atomic E-state index is -0.374. The molecule has 1 atom stereocenters. The van der Waals surface area contributed by atoms with Gasteiger partial charge in [-0.1, -0.05) is 103 Å². The van der Waals surface area contributed by atoms with E-state index in [1.165, 1.54) is 16.3 Å². The van der Waals surface area contributed by atoms with Crippen molar-refractivity contribution in [3.63, 3.8) is 0 Å². The highest BCUT2D eigenvalue weighted by Crippen LogP contribution is 2.34. The minimum absolute atomic E-state index is 0.146. The highest BCUT2D eigenvalue weighted by Gasteiger charge is 2.29. The monoisotopic (exact) mass is 463 g/mol. The molecular weight excluding hydrogens is 438 g/mol. The standard InChI is InChI=1S/C29H25N3OS/c1-20-26(28(33)31-24-16-6-3-7-17-24)27(22-12-4-2-5-13-22)32-29(30-20)34-19-23-15-10-14-21-11-8-9-18-25(21)23/h2-18,27H,19H2,1H3,(H,30,32)(H,31,33)/t27-/m0/s1. The van der Waals surface area contributed by atoms with Crippen molar-refractivity contribution in [2.24, 2.45) is 4.99 Å². The van der Waals surface area contributed by atoms with Crippen LogP contribution in [-0.2, 0) is 10.5 Å². The fraction of sp³-hybridized carbons (Fsp3) is 0.103. The largest absolute Gasteiger partial charge is 0.338 e. The van der Waals surface area contributed by atoms with Crippen molar-refractivity contribution in [3.05, 3.63) is 126 Å². The van der Waals surface area contributed by atoms with Crippen LogP contribution in [0.15, 0.2) is 119 Å². The van der Waals surface area contributed by atoms with E-state index in [2.05, 4.69) is 53.1 Å². The zero-order chi connectivity index (χ0) is 23.3. The summed E-state index contributed by atoms with van der Waals surface area (Å²) in [5, 5.41) is 9.71. The van der Waals surface area contributed by atoms with Crippen molar-refractivity contribution in [2.45, 2.75) is 18.7 Å². The lowest BCUT2D eigenvalue weighted by Crippen LogP contribution is -2.32. The van der Waals surface area contributed by atoms with Crippen LogP contribution in [0.2, 0.25) is 0 Å². The molecule has 0 saturated heterocycles. The van der Waals surface area contributed by atoms with Gasteiger partial charge in [-0.05, 0) is 41.0 Å². The molecule has 0 unspecified atom stereocenters. The van der Waals surface area contributed by atoms with Crippen molar-refractivity contribution in [1.29, 1.82) is 0 Å². The second-order valence-corrected chi connectivity index (χ2v) is 9.12. The summed E-state index contributed by atoms with van der Waals surface area (Å²) in [6.07, 6.45) is 0. The van der Waals surface area contributed by atoms with Crippen LogP contribution >= 0.6 is 11.8 Å². The van der Waals surface area contributed by atoms with Gasteiger partial charge in [-0.25, -0.2) is 4.99 Å². The van der Waals surface area contributed by atoms with Gasteiger partial charge in [0.2, 0.25) is 0 Å². The van der Waals surface area contributed by atoms with Crippen LogP contribution < -0.4 is 10.6 Å². The third kappa shape index (κ3) is 4.75. The van der Waals surface area contributed by atoms with E-state index >= 15 is 0 Å². The number of anilines is 1. The van der Waals surface area contributed by atoms with Crippen LogP contribution in [0.3, 0.4) is 0 Å². The molecule has 2 N–H and O–H groups in total. The van der Waals surface area contributed by atoms with Crippen LogP contribution in [-0.4, -0.2) is 11.1 Å². The molecule has 0 aliphatic carbocycles. The lowest BCUT2D eigenvalue weighted by atomic mass is 9.96. The van der Waals surface area contributed by atoms with E-state index < -0.39 is 0 Å². The number of rotatable bonds is 5. The minimum Gasteiger partial charge on any atom is -0.338 e. The first kappa shape index (κ1) is 22.0. The van der Waals surface area contributed by atoms with Crippen molar-refractivity contribution >= 4 is 39.3 Å². The van der Waals surface area contributed by atoms with Crippen LogP contribution in [0.4, 0.5) is 5.69 Å². The molecule has 0 bridgehead atoms. The molecule has 0 fully saturated rings. The van der Waals surface area contributed by atoms with Crippen molar-refractivity contribution in [1.82, 2.24) is 5.32 Å². The van der Waals surface area contributed by atoms with Gasteiger partial charge >= 0.3 is 0 Å². The third-order valence-electron chi connectivity index (χ3n) is 5.85. The lowest BCUT2D eigenvalue weighted by molar-refractivity contribution is -0.113. The van der Waals surface area contributed by atoms with Crippen molar-refractivity contribution in [2.75, 3.05) is 5.32 Å². The van der Waals surface area contributed by atoms with E-state index in [4.69, 9.17) is 4.99 Å². The molecule has 4 aromatic rings. The number of nitrogens with zero attached hydrogens (tertiary/aromatic N) is 1. The van der Waals surface area contributed by atoms with Gasteiger partial charge in [0.1, 0.15) is 6.04 Å². The Balaban J connectivity index is 1.42. The van der Waals surface area contributed by atoms with E-state index in [0.29, 0.717) is 5.57 Å². The Morgan fingerprint density at radius 3 is 2.35 bits per heavy atom. The number of carbonyl (C=O) groups excluding carboxylic acids is 1. The number of aliphatic imine (C=N–C) groups is 1. The Kier molecular flexibility index (Phi) is 6.45. The number of hydrogen-bond acceptors (Lipinski definition) is 4. The number of nitrogens with one attached hydrogen (secondary N) is 2. The van der Waals surface area contributed by atoms with E-state index in [-0.39, 0.29) is 11.9 Å². The number of thioether (sulfide) groups is 1. The molecule has 1 aliphatic rings. The topological polar surface area (TPSA) is 53.5 Å². The molecule has 1 aliphatic heterocycles.